The van der Waals surface area contributed by atoms with Crippen molar-refractivity contribution in [2.75, 3.05) is 64.0 Å². The highest BCUT2D eigenvalue weighted by Crippen LogP contribution is 2.24. The van der Waals surface area contributed by atoms with Crippen LogP contribution in [0.5, 0.6) is 5.75 Å². The highest BCUT2D eigenvalue weighted by molar-refractivity contribution is 5.74. The number of hydrazine groups is 1. The third kappa shape index (κ3) is 5.17. The summed E-state index contributed by atoms with van der Waals surface area (Å²) in [4.78, 5) is 18.5. The molecule has 3 aliphatic rings. The number of ether oxygens (including phenoxy) is 2. The number of urea groups is 1. The van der Waals surface area contributed by atoms with Gasteiger partial charge in [0.15, 0.2) is 0 Å². The fraction of sp³-hybridized carbons (Fsp3) is 0.550. The van der Waals surface area contributed by atoms with Crippen molar-refractivity contribution >= 4 is 11.7 Å². The van der Waals surface area contributed by atoms with Crippen molar-refractivity contribution in [3.05, 3.63) is 36.7 Å². The highest BCUT2D eigenvalue weighted by atomic mass is 19.3. The van der Waals surface area contributed by atoms with Crippen LogP contribution in [-0.4, -0.2) is 97.7 Å². The first-order valence-corrected chi connectivity index (χ1v) is 10.4. The van der Waals surface area contributed by atoms with Gasteiger partial charge in [0.1, 0.15) is 12.4 Å². The number of anilines is 1. The highest BCUT2D eigenvalue weighted by Gasteiger charge is 2.31. The van der Waals surface area contributed by atoms with Gasteiger partial charge >= 0.3 is 12.6 Å². The molecule has 3 aliphatic heterocycles. The summed E-state index contributed by atoms with van der Waals surface area (Å²) < 4.78 is 34.5. The van der Waals surface area contributed by atoms with Gasteiger partial charge in [-0.1, -0.05) is 0 Å². The summed E-state index contributed by atoms with van der Waals surface area (Å²) in [5, 5.41) is 4.31. The van der Waals surface area contributed by atoms with Crippen molar-refractivity contribution in [2.45, 2.75) is 12.7 Å². The summed E-state index contributed by atoms with van der Waals surface area (Å²) in [6.07, 6.45) is 3.84. The molecule has 1 atom stereocenters. The van der Waals surface area contributed by atoms with E-state index in [2.05, 4.69) is 14.8 Å². The molecule has 0 radical (unpaired) electrons. The van der Waals surface area contributed by atoms with E-state index in [1.165, 1.54) is 12.1 Å². The Balaban J connectivity index is 1.25. The molecule has 1 aromatic carbocycles. The van der Waals surface area contributed by atoms with Crippen molar-refractivity contribution in [1.29, 1.82) is 0 Å². The molecule has 2 amide bonds. The Kier molecular flexibility index (Phi) is 6.73. The largest absolute Gasteiger partial charge is 0.435 e. The van der Waals surface area contributed by atoms with E-state index in [9.17, 15) is 13.6 Å². The monoisotopic (exact) mass is 438 g/mol. The van der Waals surface area contributed by atoms with Gasteiger partial charge < -0.3 is 29.9 Å². The summed E-state index contributed by atoms with van der Waals surface area (Å²) in [6.45, 7) is 2.62. The Morgan fingerprint density at radius 1 is 1.10 bits per heavy atom. The molecule has 31 heavy (non-hydrogen) atoms. The number of amides is 2. The van der Waals surface area contributed by atoms with E-state index in [0.29, 0.717) is 46.0 Å². The quantitative estimate of drug-likeness (QED) is 0.739. The first-order valence-electron chi connectivity index (χ1n) is 10.4. The molecule has 170 valence electrons. The third-order valence-corrected chi connectivity index (χ3v) is 5.67. The van der Waals surface area contributed by atoms with Crippen LogP contribution in [0, 0.1) is 0 Å². The van der Waals surface area contributed by atoms with E-state index in [1.807, 2.05) is 27.1 Å². The number of piperazine rings is 1. The smallest absolute Gasteiger partial charge is 0.387 e. The van der Waals surface area contributed by atoms with Crippen molar-refractivity contribution < 1.29 is 23.0 Å². The van der Waals surface area contributed by atoms with E-state index in [1.54, 1.807) is 12.1 Å². The Labute approximate surface area is 180 Å². The van der Waals surface area contributed by atoms with Crippen molar-refractivity contribution in [3.63, 3.8) is 0 Å². The maximum Gasteiger partial charge on any atom is 0.387 e. The molecule has 0 bridgehead atoms. The van der Waals surface area contributed by atoms with Crippen LogP contribution in [0.25, 0.3) is 0 Å². The Morgan fingerprint density at radius 2 is 1.84 bits per heavy atom. The lowest BCUT2D eigenvalue weighted by molar-refractivity contribution is -0.0498. The molecule has 0 spiro atoms. The lowest BCUT2D eigenvalue weighted by Gasteiger charge is -2.42. The maximum atomic E-state index is 12.8. The number of rotatable bonds is 5. The molecule has 0 aliphatic carbocycles. The zero-order valence-electron chi connectivity index (χ0n) is 17.3. The van der Waals surface area contributed by atoms with E-state index in [-0.39, 0.29) is 17.9 Å². The molecule has 3 heterocycles. The third-order valence-electron chi connectivity index (χ3n) is 5.67. The second kappa shape index (κ2) is 9.67. The molecule has 2 N–H and O–H groups in total. The van der Waals surface area contributed by atoms with Gasteiger partial charge in [-0.05, 0) is 24.3 Å². The van der Waals surface area contributed by atoms with Crippen LogP contribution in [-0.2, 0) is 4.74 Å². The lowest BCUT2D eigenvalue weighted by atomic mass is 10.2. The number of hydrogen-bond acceptors (Lipinski definition) is 7. The van der Waals surface area contributed by atoms with Crippen molar-refractivity contribution in [2.24, 2.45) is 5.73 Å². The predicted molar refractivity (Wildman–Crippen MR) is 110 cm³/mol. The fourth-order valence-corrected chi connectivity index (χ4v) is 3.96. The van der Waals surface area contributed by atoms with Crippen LogP contribution in [0.1, 0.15) is 0 Å². The zero-order valence-corrected chi connectivity index (χ0v) is 17.3. The molecule has 11 heteroatoms. The van der Waals surface area contributed by atoms with Gasteiger partial charge in [-0.2, -0.15) is 8.78 Å². The molecule has 9 nitrogen and oxygen atoms in total. The number of benzene rings is 1. The Bertz CT molecular complexity index is 773. The first-order chi connectivity index (χ1) is 15.0. The average Bonchev–Trinajstić information content (AvgIpc) is 3.29. The van der Waals surface area contributed by atoms with E-state index in [0.717, 1.165) is 18.8 Å². The summed E-state index contributed by atoms with van der Waals surface area (Å²) in [5.74, 6) is 0.137. The van der Waals surface area contributed by atoms with Gasteiger partial charge in [0.25, 0.3) is 0 Å². The molecule has 0 unspecified atom stereocenters. The average molecular weight is 438 g/mol. The molecule has 2 fully saturated rings. The SMILES string of the molecule is NC[C@H]1CN(C(=O)N2CCN(N3C=CN(c4ccc(OC(F)F)cc4)C3)CC2)CCO1. The number of alkyl halides is 2. The van der Waals surface area contributed by atoms with Crippen LogP contribution < -0.4 is 15.4 Å². The minimum atomic E-state index is -2.83. The minimum Gasteiger partial charge on any atom is -0.435 e. The number of morpholine rings is 1. The van der Waals surface area contributed by atoms with Crippen LogP contribution in [0.2, 0.25) is 0 Å². The Morgan fingerprint density at radius 3 is 2.52 bits per heavy atom. The number of nitrogens with two attached hydrogens (primary N) is 1. The van der Waals surface area contributed by atoms with Gasteiger partial charge in [-0.25, -0.2) is 9.80 Å². The first kappa shape index (κ1) is 21.6. The number of halogens is 2. The number of hydrogen-bond donors (Lipinski definition) is 1. The second-order valence-corrected chi connectivity index (χ2v) is 7.62. The van der Waals surface area contributed by atoms with Gasteiger partial charge in [0.05, 0.1) is 12.7 Å². The standard InChI is InChI=1S/C20H28F2N6O3/c21-19(22)31-17-3-1-16(2-4-17)26-7-10-28(15-26)27-8-5-24(6-9-27)20(29)25-11-12-30-18(13-23)14-25/h1-4,7,10,18-19H,5-6,8-9,11-15,23H2/t18-/m0/s1. The fourth-order valence-electron chi connectivity index (χ4n) is 3.96. The summed E-state index contributed by atoms with van der Waals surface area (Å²) >= 11 is 0. The summed E-state index contributed by atoms with van der Waals surface area (Å²) in [6, 6.07) is 6.61. The maximum absolute atomic E-state index is 12.8. The lowest BCUT2D eigenvalue weighted by Crippen LogP contribution is -2.58. The number of carbonyl (C=O) groups is 1. The topological polar surface area (TPSA) is 77.8 Å². The van der Waals surface area contributed by atoms with Crippen LogP contribution in [0.3, 0.4) is 0 Å². The van der Waals surface area contributed by atoms with Crippen LogP contribution in [0.4, 0.5) is 19.3 Å². The summed E-state index contributed by atoms with van der Waals surface area (Å²) in [5.41, 5.74) is 6.56. The van der Waals surface area contributed by atoms with Gasteiger partial charge in [0, 0.05) is 63.9 Å². The Hall–Kier alpha value is -2.63. The van der Waals surface area contributed by atoms with Gasteiger partial charge in [-0.3, -0.25) is 5.01 Å². The van der Waals surface area contributed by atoms with Crippen LogP contribution in [0.15, 0.2) is 36.7 Å². The summed E-state index contributed by atoms with van der Waals surface area (Å²) in [7, 11) is 0. The molecular weight excluding hydrogens is 410 g/mol. The van der Waals surface area contributed by atoms with E-state index < -0.39 is 6.61 Å². The molecule has 2 saturated heterocycles. The normalized spacial score (nSPS) is 22.5. The molecule has 0 saturated carbocycles. The van der Waals surface area contributed by atoms with Gasteiger partial charge in [-0.15, -0.1) is 0 Å². The zero-order chi connectivity index (χ0) is 21.8. The van der Waals surface area contributed by atoms with E-state index >= 15 is 0 Å². The molecular formula is C20H28F2N6O3. The minimum absolute atomic E-state index is 0.0473. The molecule has 0 aromatic heterocycles. The number of nitrogens with zero attached hydrogens (tertiary/aromatic N) is 5. The van der Waals surface area contributed by atoms with Crippen LogP contribution >= 0.6 is 0 Å². The second-order valence-electron chi connectivity index (χ2n) is 7.62. The van der Waals surface area contributed by atoms with Crippen molar-refractivity contribution in [1.82, 2.24) is 19.8 Å². The van der Waals surface area contributed by atoms with Crippen molar-refractivity contribution in [3.8, 4) is 5.75 Å². The molecule has 4 rings (SSSR count). The predicted octanol–water partition coefficient (Wildman–Crippen LogP) is 1.15. The number of carbonyl (C=O) groups excluding carboxylic acids is 1. The van der Waals surface area contributed by atoms with E-state index in [4.69, 9.17) is 10.5 Å². The van der Waals surface area contributed by atoms with Gasteiger partial charge in [0.2, 0.25) is 0 Å². The molecule has 1 aromatic rings.